The van der Waals surface area contributed by atoms with Crippen molar-refractivity contribution in [1.29, 1.82) is 0 Å². The second-order valence-corrected chi connectivity index (χ2v) is 8.13. The summed E-state index contributed by atoms with van der Waals surface area (Å²) in [5.41, 5.74) is 9.09. The lowest BCUT2D eigenvalue weighted by Gasteiger charge is -2.07. The maximum Gasteiger partial charge on any atom is 0.330 e. The zero-order valence-electron chi connectivity index (χ0n) is 17.8. The number of carbonyl (C=O) groups excluding carboxylic acids is 1. The Morgan fingerprint density at radius 1 is 1.09 bits per heavy atom. The first-order valence-corrected chi connectivity index (χ1v) is 11.4. The van der Waals surface area contributed by atoms with E-state index in [4.69, 9.17) is 15.2 Å². The van der Waals surface area contributed by atoms with Gasteiger partial charge in [-0.25, -0.2) is 9.78 Å². The monoisotopic (exact) mass is 444 g/mol. The van der Waals surface area contributed by atoms with Gasteiger partial charge < -0.3 is 15.2 Å². The molecule has 0 saturated carbocycles. The predicted molar refractivity (Wildman–Crippen MR) is 131 cm³/mol. The third-order valence-corrected chi connectivity index (χ3v) is 5.97. The number of ether oxygens (including phenoxy) is 2. The number of carbonyl (C=O) groups is 1. The molecule has 5 nitrogen and oxygen atoms in total. The van der Waals surface area contributed by atoms with Crippen molar-refractivity contribution in [3.8, 4) is 22.6 Å². The van der Waals surface area contributed by atoms with Gasteiger partial charge in [-0.2, -0.15) is 0 Å². The van der Waals surface area contributed by atoms with Crippen molar-refractivity contribution < 1.29 is 14.3 Å². The largest absolute Gasteiger partial charge is 0.463 e. The Labute approximate surface area is 191 Å². The molecule has 0 saturated heterocycles. The standard InChI is InChI=1S/C26H24N2O3S/c1-2-3-15-30-23(29)14-11-19-16-28-26(27)24-22(17-32-25(19)24)18-9-12-21(13-10-18)31-20-7-5-4-6-8-20/h4-14,16-17H,2-3,15H2,1H3,(H2,27,28)/b14-11+. The van der Waals surface area contributed by atoms with Gasteiger partial charge in [-0.15, -0.1) is 11.3 Å². The summed E-state index contributed by atoms with van der Waals surface area (Å²) in [5.74, 6) is 1.66. The quantitative estimate of drug-likeness (QED) is 0.186. The average Bonchev–Trinajstić information content (AvgIpc) is 3.26. The number of aromatic nitrogens is 1. The highest BCUT2D eigenvalue weighted by atomic mass is 32.1. The summed E-state index contributed by atoms with van der Waals surface area (Å²) in [5, 5.41) is 2.94. The van der Waals surface area contributed by atoms with E-state index >= 15 is 0 Å². The Kier molecular flexibility index (Phi) is 6.82. The van der Waals surface area contributed by atoms with Gasteiger partial charge in [-0.3, -0.25) is 0 Å². The van der Waals surface area contributed by atoms with Gasteiger partial charge in [0.2, 0.25) is 0 Å². The lowest BCUT2D eigenvalue weighted by Crippen LogP contribution is -2.01. The van der Waals surface area contributed by atoms with E-state index in [9.17, 15) is 4.79 Å². The fourth-order valence-corrected chi connectivity index (χ4v) is 4.35. The molecule has 32 heavy (non-hydrogen) atoms. The topological polar surface area (TPSA) is 74.4 Å². The van der Waals surface area contributed by atoms with Crippen molar-refractivity contribution >= 4 is 39.3 Å². The number of hydrogen-bond acceptors (Lipinski definition) is 6. The number of nitrogen functional groups attached to an aromatic ring is 1. The molecule has 0 amide bonds. The van der Waals surface area contributed by atoms with Crippen LogP contribution >= 0.6 is 11.3 Å². The molecule has 4 aromatic rings. The molecule has 4 rings (SSSR count). The van der Waals surface area contributed by atoms with E-state index in [0.717, 1.165) is 51.1 Å². The third kappa shape index (κ3) is 4.98. The number of thiophene rings is 1. The number of nitrogens with zero attached hydrogens (tertiary/aromatic N) is 1. The number of esters is 1. The van der Waals surface area contributed by atoms with Crippen molar-refractivity contribution in [2.45, 2.75) is 19.8 Å². The molecule has 2 heterocycles. The molecule has 0 atom stereocenters. The van der Waals surface area contributed by atoms with Crippen LogP contribution in [0.4, 0.5) is 5.82 Å². The number of benzene rings is 2. The Hall–Kier alpha value is -3.64. The second-order valence-electron chi connectivity index (χ2n) is 7.25. The van der Waals surface area contributed by atoms with E-state index < -0.39 is 0 Å². The van der Waals surface area contributed by atoms with Crippen LogP contribution < -0.4 is 10.5 Å². The van der Waals surface area contributed by atoms with Gasteiger partial charge in [-0.1, -0.05) is 43.7 Å². The highest BCUT2D eigenvalue weighted by Gasteiger charge is 2.13. The van der Waals surface area contributed by atoms with Gasteiger partial charge >= 0.3 is 5.97 Å². The van der Waals surface area contributed by atoms with Crippen molar-refractivity contribution in [2.24, 2.45) is 0 Å². The molecule has 2 aromatic carbocycles. The van der Waals surface area contributed by atoms with Crippen molar-refractivity contribution in [3.05, 3.63) is 77.8 Å². The zero-order chi connectivity index (χ0) is 22.3. The van der Waals surface area contributed by atoms with Crippen LogP contribution in [0, 0.1) is 0 Å². The summed E-state index contributed by atoms with van der Waals surface area (Å²) in [7, 11) is 0. The molecule has 2 aromatic heterocycles. The maximum atomic E-state index is 11.9. The molecule has 0 bridgehead atoms. The number of rotatable bonds is 8. The summed E-state index contributed by atoms with van der Waals surface area (Å²) in [4.78, 5) is 16.3. The second kappa shape index (κ2) is 10.1. The smallest absolute Gasteiger partial charge is 0.330 e. The predicted octanol–water partition coefficient (Wildman–Crippen LogP) is 6.69. The van der Waals surface area contributed by atoms with E-state index in [1.807, 2.05) is 54.6 Å². The lowest BCUT2D eigenvalue weighted by molar-refractivity contribution is -0.137. The Morgan fingerprint density at radius 3 is 2.59 bits per heavy atom. The van der Waals surface area contributed by atoms with Crippen LogP contribution in [0.5, 0.6) is 11.5 Å². The van der Waals surface area contributed by atoms with Gasteiger partial charge in [0.25, 0.3) is 0 Å². The minimum absolute atomic E-state index is 0.353. The Morgan fingerprint density at radius 2 is 1.84 bits per heavy atom. The van der Waals surface area contributed by atoms with Crippen LogP contribution in [0.2, 0.25) is 0 Å². The number of pyridine rings is 1. The molecular weight excluding hydrogens is 420 g/mol. The number of unbranched alkanes of at least 4 members (excludes halogenated alkanes) is 1. The minimum Gasteiger partial charge on any atom is -0.463 e. The fraction of sp³-hybridized carbons (Fsp3) is 0.154. The van der Waals surface area contributed by atoms with Crippen molar-refractivity contribution in [2.75, 3.05) is 12.3 Å². The maximum absolute atomic E-state index is 11.9. The molecule has 6 heteroatoms. The summed E-state index contributed by atoms with van der Waals surface area (Å²) in [6, 6.07) is 17.6. The van der Waals surface area contributed by atoms with Crippen LogP contribution in [0.1, 0.15) is 25.3 Å². The molecule has 0 aliphatic carbocycles. The first-order chi connectivity index (χ1) is 15.7. The molecule has 2 N–H and O–H groups in total. The summed E-state index contributed by atoms with van der Waals surface area (Å²) in [6.07, 6.45) is 6.70. The normalized spacial score (nSPS) is 11.2. The molecule has 0 aliphatic rings. The Bertz CT molecular complexity index is 1230. The molecule has 0 fully saturated rings. The number of hydrogen-bond donors (Lipinski definition) is 1. The van der Waals surface area contributed by atoms with Crippen molar-refractivity contribution in [3.63, 3.8) is 0 Å². The molecule has 0 aliphatic heterocycles. The highest BCUT2D eigenvalue weighted by Crippen LogP contribution is 2.39. The lowest BCUT2D eigenvalue weighted by atomic mass is 10.0. The van der Waals surface area contributed by atoms with E-state index in [-0.39, 0.29) is 5.97 Å². The summed E-state index contributed by atoms with van der Waals surface area (Å²) < 4.78 is 12.1. The van der Waals surface area contributed by atoms with Crippen LogP contribution in [-0.4, -0.2) is 17.6 Å². The number of anilines is 1. The number of nitrogens with two attached hydrogens (primary N) is 1. The van der Waals surface area contributed by atoms with E-state index in [1.165, 1.54) is 6.08 Å². The highest BCUT2D eigenvalue weighted by molar-refractivity contribution is 7.18. The summed E-state index contributed by atoms with van der Waals surface area (Å²) >= 11 is 1.57. The van der Waals surface area contributed by atoms with E-state index in [0.29, 0.717) is 12.4 Å². The van der Waals surface area contributed by atoms with Gasteiger partial charge in [0, 0.05) is 33.5 Å². The number of fused-ring (bicyclic) bond motifs is 1. The van der Waals surface area contributed by atoms with Gasteiger partial charge in [0.1, 0.15) is 17.3 Å². The van der Waals surface area contributed by atoms with Crippen molar-refractivity contribution in [1.82, 2.24) is 4.98 Å². The first-order valence-electron chi connectivity index (χ1n) is 10.5. The fourth-order valence-electron chi connectivity index (χ4n) is 3.27. The average molecular weight is 445 g/mol. The van der Waals surface area contributed by atoms with Crippen LogP contribution in [-0.2, 0) is 9.53 Å². The molecule has 162 valence electrons. The molecular formula is C26H24N2O3S. The Balaban J connectivity index is 1.58. The molecule has 0 unspecified atom stereocenters. The zero-order valence-corrected chi connectivity index (χ0v) is 18.6. The van der Waals surface area contributed by atoms with Crippen LogP contribution in [0.25, 0.3) is 27.3 Å². The van der Waals surface area contributed by atoms with Crippen LogP contribution in [0.3, 0.4) is 0 Å². The number of para-hydroxylation sites is 1. The van der Waals surface area contributed by atoms with Gasteiger partial charge in [0.15, 0.2) is 0 Å². The van der Waals surface area contributed by atoms with E-state index in [2.05, 4.69) is 17.3 Å². The van der Waals surface area contributed by atoms with Gasteiger partial charge in [-0.05, 0) is 47.7 Å². The minimum atomic E-state index is -0.353. The third-order valence-electron chi connectivity index (χ3n) is 4.94. The van der Waals surface area contributed by atoms with Gasteiger partial charge in [0.05, 0.1) is 6.61 Å². The molecule has 0 spiro atoms. The van der Waals surface area contributed by atoms with Crippen LogP contribution in [0.15, 0.2) is 72.3 Å². The summed E-state index contributed by atoms with van der Waals surface area (Å²) in [6.45, 7) is 2.49. The molecule has 0 radical (unpaired) electrons. The first kappa shape index (κ1) is 21.6. The van der Waals surface area contributed by atoms with E-state index in [1.54, 1.807) is 23.6 Å². The SMILES string of the molecule is CCCCOC(=O)/C=C/c1cnc(N)c2c(-c3ccc(Oc4ccccc4)cc3)csc12.